The Kier molecular flexibility index (Phi) is 7.66. The first-order valence-corrected chi connectivity index (χ1v) is 13.2. The third kappa shape index (κ3) is 6.62. The summed E-state index contributed by atoms with van der Waals surface area (Å²) in [6.45, 7) is 12.3. The van der Waals surface area contributed by atoms with Gasteiger partial charge >= 0.3 is 0 Å². The van der Waals surface area contributed by atoms with Crippen LogP contribution in [0.5, 0.6) is 5.75 Å². The topological polar surface area (TPSA) is 78.5 Å². The average Bonchev–Trinajstić information content (AvgIpc) is 3.13. The monoisotopic (exact) mass is 506 g/mol. The average molecular weight is 507 g/mol. The van der Waals surface area contributed by atoms with Gasteiger partial charge in [0.15, 0.2) is 0 Å². The van der Waals surface area contributed by atoms with Crippen LogP contribution in [0.25, 0.3) is 0 Å². The number of ether oxygens (including phenoxy) is 1. The Balaban J connectivity index is 1.81. The highest BCUT2D eigenvalue weighted by Crippen LogP contribution is 2.31. The number of aromatic nitrogens is 2. The molecule has 0 saturated carbocycles. The van der Waals surface area contributed by atoms with E-state index in [4.69, 9.17) is 15.1 Å². The molecule has 1 aromatic carbocycles. The van der Waals surface area contributed by atoms with Crippen molar-refractivity contribution in [3.8, 4) is 5.75 Å². The molecule has 0 atom stereocenters. The molecule has 0 radical (unpaired) electrons. The normalized spacial score (nSPS) is 17.7. The Morgan fingerprint density at radius 2 is 1.83 bits per heavy atom. The van der Waals surface area contributed by atoms with Gasteiger partial charge in [-0.05, 0) is 82.9 Å². The number of hydrogen-bond donors (Lipinski definition) is 2. The zero-order chi connectivity index (χ0) is 25.9. The van der Waals surface area contributed by atoms with Crippen molar-refractivity contribution in [3.63, 3.8) is 0 Å². The summed E-state index contributed by atoms with van der Waals surface area (Å²) < 4.78 is 7.46. The molecule has 8 heteroatoms. The minimum absolute atomic E-state index is 0.0260. The summed E-state index contributed by atoms with van der Waals surface area (Å²) in [7, 11) is 1.69. The highest BCUT2D eigenvalue weighted by atomic mass is 32.1. The fourth-order valence-corrected chi connectivity index (χ4v) is 6.15. The summed E-state index contributed by atoms with van der Waals surface area (Å²) >= 11 is 1.57. The van der Waals surface area contributed by atoms with Crippen LogP contribution in [0.1, 0.15) is 56.5 Å². The molecule has 1 saturated heterocycles. The van der Waals surface area contributed by atoms with Crippen molar-refractivity contribution in [1.82, 2.24) is 19.2 Å². The lowest BCUT2D eigenvalue weighted by molar-refractivity contribution is 0.163. The number of piperidine rings is 1. The van der Waals surface area contributed by atoms with E-state index < -0.39 is 0 Å². The van der Waals surface area contributed by atoms with E-state index in [1.807, 2.05) is 41.3 Å². The zero-order valence-corrected chi connectivity index (χ0v) is 23.0. The van der Waals surface area contributed by atoms with Crippen LogP contribution in [0, 0.1) is 12.3 Å². The van der Waals surface area contributed by atoms with E-state index in [2.05, 4.69) is 61.1 Å². The summed E-state index contributed by atoms with van der Waals surface area (Å²) in [6.07, 6.45) is 5.55. The minimum atomic E-state index is -0.0260. The van der Waals surface area contributed by atoms with Crippen LogP contribution in [0.4, 0.5) is 0 Å². The van der Waals surface area contributed by atoms with E-state index in [-0.39, 0.29) is 17.1 Å². The smallest absolute Gasteiger partial charge is 0.217 e. The van der Waals surface area contributed by atoms with Crippen LogP contribution < -0.4 is 15.5 Å². The van der Waals surface area contributed by atoms with E-state index in [1.54, 1.807) is 24.8 Å². The number of nitrogens with one attached hydrogen (secondary N) is 2. The Morgan fingerprint density at radius 3 is 2.44 bits per heavy atom. The summed E-state index contributed by atoms with van der Waals surface area (Å²) in [4.78, 5) is 13.1. The predicted molar refractivity (Wildman–Crippen MR) is 147 cm³/mol. The van der Waals surface area contributed by atoms with Crippen LogP contribution >= 0.6 is 11.5 Å². The van der Waals surface area contributed by atoms with Crippen molar-refractivity contribution in [2.24, 2.45) is 4.99 Å². The number of hydrogen-bond acceptors (Lipinski definition) is 6. The van der Waals surface area contributed by atoms with Gasteiger partial charge in [-0.25, -0.2) is 8.95 Å². The van der Waals surface area contributed by atoms with Crippen LogP contribution in [-0.4, -0.2) is 44.0 Å². The number of pyridine rings is 1. The van der Waals surface area contributed by atoms with Gasteiger partial charge in [0, 0.05) is 41.4 Å². The van der Waals surface area contributed by atoms with Crippen molar-refractivity contribution >= 4 is 17.5 Å². The predicted octanol–water partition coefficient (Wildman–Crippen LogP) is 4.96. The Labute approximate surface area is 218 Å². The summed E-state index contributed by atoms with van der Waals surface area (Å²) in [5.41, 5.74) is 2.62. The molecular formula is C28H38N6OS. The number of benzene rings is 1. The fraction of sp³-hybridized carbons (Fsp3) is 0.464. The number of nitrogens with zero attached hydrogens (tertiary/aromatic N) is 4. The van der Waals surface area contributed by atoms with Crippen molar-refractivity contribution in [3.05, 3.63) is 76.4 Å². The molecule has 1 fully saturated rings. The van der Waals surface area contributed by atoms with Crippen LogP contribution in [-0.2, 0) is 13.1 Å². The van der Waals surface area contributed by atoms with Gasteiger partial charge in [0.1, 0.15) is 11.2 Å². The molecular weight excluding hydrogens is 468 g/mol. The maximum atomic E-state index is 8.73. The van der Waals surface area contributed by atoms with E-state index >= 15 is 0 Å². The standard InChI is InChI=1S/C28H38N6OS/c1-20-13-25(29)34(36-20)26(31-23-15-27(2,3)32-28(4,5)16-23)33(19-22-10-8-12-30-17-22)18-21-9-7-11-24(14-21)35-6/h7-14,17,23,29,32H,15-16,18-19H2,1-6H3. The largest absolute Gasteiger partial charge is 0.497 e. The number of rotatable bonds is 6. The molecule has 0 unspecified atom stereocenters. The van der Waals surface area contributed by atoms with Crippen molar-refractivity contribution in [2.45, 2.75) is 77.7 Å². The number of aliphatic imine (C=N–C) groups is 1. The Morgan fingerprint density at radius 1 is 1.14 bits per heavy atom. The second-order valence-electron chi connectivity index (χ2n) is 11.0. The molecule has 0 aliphatic carbocycles. The Bertz CT molecular complexity index is 1240. The minimum Gasteiger partial charge on any atom is -0.497 e. The highest BCUT2D eigenvalue weighted by molar-refractivity contribution is 7.07. The molecule has 36 heavy (non-hydrogen) atoms. The van der Waals surface area contributed by atoms with Crippen LogP contribution in [0.15, 0.2) is 59.9 Å². The first kappa shape index (κ1) is 26.1. The fourth-order valence-electron chi connectivity index (χ4n) is 5.31. The molecule has 0 amide bonds. The summed E-state index contributed by atoms with van der Waals surface area (Å²) in [5, 5.41) is 12.5. The molecule has 1 aliphatic heterocycles. The van der Waals surface area contributed by atoms with Gasteiger partial charge in [0.05, 0.1) is 13.2 Å². The molecule has 2 aromatic heterocycles. The molecule has 1 aliphatic rings. The van der Waals surface area contributed by atoms with Gasteiger partial charge in [0.25, 0.3) is 0 Å². The second-order valence-corrected chi connectivity index (χ2v) is 12.2. The summed E-state index contributed by atoms with van der Waals surface area (Å²) in [6, 6.07) is 14.2. The maximum Gasteiger partial charge on any atom is 0.217 e. The molecule has 3 heterocycles. The summed E-state index contributed by atoms with van der Waals surface area (Å²) in [5.74, 6) is 1.64. The molecule has 4 rings (SSSR count). The number of aryl methyl sites for hydroxylation is 1. The molecule has 7 nitrogen and oxygen atoms in total. The van der Waals surface area contributed by atoms with Gasteiger partial charge in [-0.1, -0.05) is 29.7 Å². The molecule has 192 valence electrons. The SMILES string of the molecule is COc1cccc(CN(Cc2cccnc2)C(=NC2CC(C)(C)NC(C)(C)C2)n2sc(C)cc2=N)c1. The van der Waals surface area contributed by atoms with Gasteiger partial charge in [0.2, 0.25) is 5.96 Å². The van der Waals surface area contributed by atoms with Gasteiger partial charge in [-0.2, -0.15) is 0 Å². The van der Waals surface area contributed by atoms with E-state index in [1.165, 1.54) is 0 Å². The van der Waals surface area contributed by atoms with Crippen LogP contribution in [0.2, 0.25) is 0 Å². The van der Waals surface area contributed by atoms with Gasteiger partial charge < -0.3 is 15.0 Å². The van der Waals surface area contributed by atoms with E-state index in [0.29, 0.717) is 18.6 Å². The lowest BCUT2D eigenvalue weighted by atomic mass is 9.80. The lowest BCUT2D eigenvalue weighted by Crippen LogP contribution is -2.59. The highest BCUT2D eigenvalue weighted by Gasteiger charge is 2.38. The lowest BCUT2D eigenvalue weighted by Gasteiger charge is -2.45. The molecule has 2 N–H and O–H groups in total. The molecule has 0 bridgehead atoms. The third-order valence-corrected chi connectivity index (χ3v) is 7.28. The van der Waals surface area contributed by atoms with Crippen molar-refractivity contribution in [1.29, 1.82) is 5.41 Å². The zero-order valence-electron chi connectivity index (χ0n) is 22.2. The first-order chi connectivity index (χ1) is 17.0. The second kappa shape index (κ2) is 10.6. The number of methoxy groups -OCH3 is 1. The molecule has 3 aromatic rings. The van der Waals surface area contributed by atoms with Gasteiger partial charge in [-0.15, -0.1) is 0 Å². The van der Waals surface area contributed by atoms with Crippen molar-refractivity contribution < 1.29 is 4.74 Å². The first-order valence-electron chi connectivity index (χ1n) is 12.4. The van der Waals surface area contributed by atoms with Crippen LogP contribution in [0.3, 0.4) is 0 Å². The quantitative estimate of drug-likeness (QED) is 0.366. The molecule has 0 spiro atoms. The maximum absolute atomic E-state index is 8.73. The van der Waals surface area contributed by atoms with Crippen molar-refractivity contribution in [2.75, 3.05) is 7.11 Å². The Hall–Kier alpha value is -2.97. The third-order valence-electron chi connectivity index (χ3n) is 6.33. The van der Waals surface area contributed by atoms with Gasteiger partial charge in [-0.3, -0.25) is 10.4 Å². The van der Waals surface area contributed by atoms with E-state index in [9.17, 15) is 0 Å². The van der Waals surface area contributed by atoms with E-state index in [0.717, 1.165) is 40.6 Å².